The Morgan fingerprint density at radius 3 is 2.46 bits per heavy atom. The molecule has 2 aromatic heterocycles. The number of amides is 1. The molecule has 0 radical (unpaired) electrons. The van der Waals surface area contributed by atoms with E-state index in [1.165, 1.54) is 23.3 Å². The molecule has 4 N–H and O–H groups in total. The second kappa shape index (κ2) is 14.5. The van der Waals surface area contributed by atoms with Gasteiger partial charge in [-0.15, -0.1) is 11.3 Å². The Hall–Kier alpha value is -4.16. The van der Waals surface area contributed by atoms with Crippen molar-refractivity contribution in [1.29, 1.82) is 0 Å². The molecular formula is C30H31N5O4S2. The first-order chi connectivity index (χ1) is 19.8. The highest BCUT2D eigenvalue weighted by molar-refractivity contribution is 7.80. The van der Waals surface area contributed by atoms with E-state index in [2.05, 4.69) is 15.6 Å². The van der Waals surface area contributed by atoms with Crippen molar-refractivity contribution in [3.8, 4) is 5.75 Å². The molecule has 0 aliphatic heterocycles. The van der Waals surface area contributed by atoms with E-state index < -0.39 is 0 Å². The van der Waals surface area contributed by atoms with Crippen LogP contribution in [0.3, 0.4) is 0 Å². The van der Waals surface area contributed by atoms with E-state index in [1.807, 2.05) is 41.8 Å². The first-order valence-corrected chi connectivity index (χ1v) is 14.1. The number of methoxy groups -OCH3 is 1. The molecule has 0 aliphatic rings. The lowest BCUT2D eigenvalue weighted by Crippen LogP contribution is -2.39. The summed E-state index contributed by atoms with van der Waals surface area (Å²) in [5.74, 6) is 6.66. The number of carbonyl (C=O) groups excluding carboxylic acids is 2. The van der Waals surface area contributed by atoms with Gasteiger partial charge in [-0.25, -0.2) is 5.84 Å². The molecule has 2 aromatic carbocycles. The van der Waals surface area contributed by atoms with Crippen LogP contribution in [0.5, 0.6) is 5.75 Å². The first-order valence-electron chi connectivity index (χ1n) is 12.8. The van der Waals surface area contributed by atoms with Gasteiger partial charge in [0, 0.05) is 30.6 Å². The molecule has 41 heavy (non-hydrogen) atoms. The Kier molecular flexibility index (Phi) is 10.5. The maximum absolute atomic E-state index is 13.8. The predicted octanol–water partition coefficient (Wildman–Crippen LogP) is 5.17. The molecule has 0 unspecified atom stereocenters. The third kappa shape index (κ3) is 8.41. The second-order valence-electron chi connectivity index (χ2n) is 9.12. The summed E-state index contributed by atoms with van der Waals surface area (Å²) in [4.78, 5) is 29.3. The van der Waals surface area contributed by atoms with Crippen LogP contribution >= 0.6 is 23.6 Å². The van der Waals surface area contributed by atoms with Crippen LogP contribution in [0.2, 0.25) is 0 Å². The summed E-state index contributed by atoms with van der Waals surface area (Å²) >= 11 is 6.94. The van der Waals surface area contributed by atoms with Gasteiger partial charge in [-0.1, -0.05) is 18.2 Å². The molecule has 0 saturated carbocycles. The summed E-state index contributed by atoms with van der Waals surface area (Å²) in [5, 5.41) is 10.1. The predicted molar refractivity (Wildman–Crippen MR) is 165 cm³/mol. The van der Waals surface area contributed by atoms with E-state index in [0.29, 0.717) is 48.0 Å². The third-order valence-corrected chi connectivity index (χ3v) is 7.34. The van der Waals surface area contributed by atoms with Crippen LogP contribution in [-0.4, -0.2) is 40.5 Å². The summed E-state index contributed by atoms with van der Waals surface area (Å²) in [5.41, 5.74) is 4.35. The van der Waals surface area contributed by atoms with Crippen LogP contribution in [0.25, 0.3) is 0 Å². The van der Waals surface area contributed by atoms with Crippen LogP contribution in [0.1, 0.15) is 39.5 Å². The van der Waals surface area contributed by atoms with Crippen molar-refractivity contribution in [2.75, 3.05) is 24.4 Å². The molecule has 212 valence electrons. The van der Waals surface area contributed by atoms with Crippen LogP contribution in [0.15, 0.2) is 78.4 Å². The third-order valence-electron chi connectivity index (χ3n) is 6.06. The summed E-state index contributed by atoms with van der Waals surface area (Å²) in [6.07, 6.45) is 3.93. The lowest BCUT2D eigenvalue weighted by molar-refractivity contribution is -0.114. The van der Waals surface area contributed by atoms with Crippen molar-refractivity contribution in [1.82, 2.24) is 9.99 Å². The fourth-order valence-corrected chi connectivity index (χ4v) is 5.22. The highest BCUT2D eigenvalue weighted by Gasteiger charge is 2.22. The maximum atomic E-state index is 13.8. The number of pyridine rings is 1. The van der Waals surface area contributed by atoms with Gasteiger partial charge in [-0.05, 0) is 83.2 Å². The van der Waals surface area contributed by atoms with Gasteiger partial charge >= 0.3 is 0 Å². The van der Waals surface area contributed by atoms with Gasteiger partial charge in [0.1, 0.15) is 10.8 Å². The molecule has 0 aliphatic carbocycles. The fourth-order valence-electron chi connectivity index (χ4n) is 3.99. The number of ether oxygens (including phenoxy) is 2. The zero-order valence-corrected chi connectivity index (χ0v) is 24.4. The standard InChI is InChI=1S/C30H31N5O4S2/c1-20(36)33-25-9-7-23(8-10-25)28(37)27-24(13-15-39-18-21-5-11-26(38-2)12-6-21)19-41-29(27)34-30(40)35(31)17-22-4-3-14-32-16-22/h3-12,14,16,19H,13,15,17-18,31H2,1-2H3,(H,33,36)(H,34,40). The first kappa shape index (κ1) is 29.8. The van der Waals surface area contributed by atoms with Crippen molar-refractivity contribution < 1.29 is 19.1 Å². The molecule has 4 aromatic rings. The molecule has 9 nitrogen and oxygen atoms in total. The monoisotopic (exact) mass is 589 g/mol. The number of carbonyl (C=O) groups is 2. The summed E-state index contributed by atoms with van der Waals surface area (Å²) in [6, 6.07) is 18.2. The molecule has 0 saturated heterocycles. The van der Waals surface area contributed by atoms with E-state index in [1.54, 1.807) is 43.8 Å². The minimum atomic E-state index is -0.184. The zero-order valence-electron chi connectivity index (χ0n) is 22.8. The maximum Gasteiger partial charge on any atom is 0.221 e. The highest BCUT2D eigenvalue weighted by Crippen LogP contribution is 2.32. The van der Waals surface area contributed by atoms with Crippen molar-refractivity contribution in [2.24, 2.45) is 5.84 Å². The fraction of sp³-hybridized carbons (Fsp3) is 0.200. The number of nitrogens with zero attached hydrogens (tertiary/aromatic N) is 2. The SMILES string of the molecule is COc1ccc(COCCc2csc(NC(=S)N(N)Cc3cccnc3)c2C(=O)c2ccc(NC(C)=O)cc2)cc1. The van der Waals surface area contributed by atoms with Gasteiger partial charge in [0.2, 0.25) is 5.91 Å². The topological polar surface area (TPSA) is 119 Å². The van der Waals surface area contributed by atoms with Crippen LogP contribution in [0, 0.1) is 0 Å². The zero-order chi connectivity index (χ0) is 29.2. The van der Waals surface area contributed by atoms with E-state index in [4.69, 9.17) is 27.5 Å². The average Bonchev–Trinajstić information content (AvgIpc) is 3.37. The number of hydrogen-bond acceptors (Lipinski definition) is 8. The molecule has 1 amide bonds. The van der Waals surface area contributed by atoms with Gasteiger partial charge in [0.15, 0.2) is 10.9 Å². The van der Waals surface area contributed by atoms with E-state index in [9.17, 15) is 9.59 Å². The number of anilines is 2. The van der Waals surface area contributed by atoms with Gasteiger partial charge in [0.05, 0.1) is 32.4 Å². The molecule has 4 rings (SSSR count). The van der Waals surface area contributed by atoms with Gasteiger partial charge in [-0.2, -0.15) is 0 Å². The van der Waals surface area contributed by atoms with Crippen LogP contribution in [-0.2, 0) is 29.1 Å². The van der Waals surface area contributed by atoms with Gasteiger partial charge < -0.3 is 20.1 Å². The number of benzene rings is 2. The van der Waals surface area contributed by atoms with Crippen molar-refractivity contribution >= 4 is 51.0 Å². The number of aromatic nitrogens is 1. The van der Waals surface area contributed by atoms with E-state index in [0.717, 1.165) is 22.4 Å². The lowest BCUT2D eigenvalue weighted by atomic mass is 10.00. The molecule has 2 heterocycles. The number of hydrazine groups is 1. The molecule has 0 atom stereocenters. The quantitative estimate of drug-likeness (QED) is 0.0676. The number of ketones is 1. The van der Waals surface area contributed by atoms with Crippen LogP contribution < -0.4 is 21.2 Å². The second-order valence-corrected chi connectivity index (χ2v) is 10.4. The Bertz CT molecular complexity index is 1480. The minimum Gasteiger partial charge on any atom is -0.497 e. The number of thiocarbonyl (C=S) groups is 1. The molecular weight excluding hydrogens is 558 g/mol. The Labute approximate surface area is 248 Å². The van der Waals surface area contributed by atoms with Crippen molar-refractivity contribution in [3.63, 3.8) is 0 Å². The normalized spacial score (nSPS) is 10.6. The Balaban J connectivity index is 1.49. The van der Waals surface area contributed by atoms with Gasteiger partial charge in [-0.3, -0.25) is 19.6 Å². The Morgan fingerprint density at radius 2 is 1.80 bits per heavy atom. The number of nitrogens with one attached hydrogen (secondary N) is 2. The minimum absolute atomic E-state index is 0.174. The number of rotatable bonds is 12. The van der Waals surface area contributed by atoms with Crippen molar-refractivity contribution in [3.05, 3.63) is 106 Å². The molecule has 0 bridgehead atoms. The molecule has 0 spiro atoms. The highest BCUT2D eigenvalue weighted by atomic mass is 32.1. The average molecular weight is 590 g/mol. The lowest BCUT2D eigenvalue weighted by Gasteiger charge is -2.20. The summed E-state index contributed by atoms with van der Waals surface area (Å²) in [6.45, 7) is 2.64. The van der Waals surface area contributed by atoms with Crippen molar-refractivity contribution in [2.45, 2.75) is 26.5 Å². The number of hydrogen-bond donors (Lipinski definition) is 3. The van der Waals surface area contributed by atoms with E-state index >= 15 is 0 Å². The molecule has 11 heteroatoms. The van der Waals surface area contributed by atoms with Crippen LogP contribution in [0.4, 0.5) is 10.7 Å². The number of thiophene rings is 1. The smallest absolute Gasteiger partial charge is 0.221 e. The van der Waals surface area contributed by atoms with E-state index in [-0.39, 0.29) is 16.8 Å². The summed E-state index contributed by atoms with van der Waals surface area (Å²) in [7, 11) is 1.63. The largest absolute Gasteiger partial charge is 0.497 e. The van der Waals surface area contributed by atoms with Gasteiger partial charge in [0.25, 0.3) is 0 Å². The summed E-state index contributed by atoms with van der Waals surface area (Å²) < 4.78 is 11.1. The number of nitrogens with two attached hydrogens (primary N) is 1. The Morgan fingerprint density at radius 1 is 1.05 bits per heavy atom. The molecule has 0 fully saturated rings.